The van der Waals surface area contributed by atoms with Crippen LogP contribution in [-0.2, 0) is 14.4 Å². The van der Waals surface area contributed by atoms with Gasteiger partial charge in [-0.3, -0.25) is 23.6 Å². The van der Waals surface area contributed by atoms with Gasteiger partial charge < -0.3 is 41.7 Å². The van der Waals surface area contributed by atoms with Crippen molar-refractivity contribution >= 4 is 40.8 Å². The van der Waals surface area contributed by atoms with Crippen LogP contribution < -0.4 is 26.8 Å². The van der Waals surface area contributed by atoms with Crippen molar-refractivity contribution in [2.45, 2.75) is 44.7 Å². The Balaban J connectivity index is 1.22. The van der Waals surface area contributed by atoms with E-state index in [-0.39, 0.29) is 62.1 Å². The number of hydrogen-bond acceptors (Lipinski definition) is 10. The second kappa shape index (κ2) is 16.6. The highest BCUT2D eigenvalue weighted by atomic mass is 19.2. The van der Waals surface area contributed by atoms with Crippen LogP contribution in [0, 0.1) is 18.6 Å². The zero-order chi connectivity index (χ0) is 37.5. The number of imidazole rings is 1. The molecule has 3 heterocycles. The Kier molecular flexibility index (Phi) is 12.0. The summed E-state index contributed by atoms with van der Waals surface area (Å²) in [6.45, 7) is 3.21. The number of carboxylic acid groups (broad SMARTS) is 1. The largest absolute Gasteiger partial charge is 0.494 e. The summed E-state index contributed by atoms with van der Waals surface area (Å²) < 4.78 is 35.8. The Labute approximate surface area is 297 Å². The number of fused-ring (bicyclic) bond motifs is 1. The van der Waals surface area contributed by atoms with Crippen LogP contribution in [0.4, 0.5) is 20.3 Å². The molecule has 7 N–H and O–H groups in total. The summed E-state index contributed by atoms with van der Waals surface area (Å²) in [4.78, 5) is 62.4. The van der Waals surface area contributed by atoms with Gasteiger partial charge in [0.1, 0.15) is 12.1 Å². The summed E-state index contributed by atoms with van der Waals surface area (Å²) in [6.07, 6.45) is 5.12. The summed E-state index contributed by atoms with van der Waals surface area (Å²) >= 11 is 0. The number of nitrogens with two attached hydrogens (primary N) is 2. The highest BCUT2D eigenvalue weighted by Gasteiger charge is 2.31. The first-order chi connectivity index (χ1) is 24.9. The van der Waals surface area contributed by atoms with Gasteiger partial charge in [0, 0.05) is 61.8 Å². The fourth-order valence-electron chi connectivity index (χ4n) is 5.99. The number of amides is 3. The molecule has 0 radical (unpaired) electrons. The number of aromatic nitrogens is 3. The van der Waals surface area contributed by atoms with Crippen molar-refractivity contribution in [1.29, 1.82) is 0 Å². The van der Waals surface area contributed by atoms with Crippen molar-refractivity contribution in [3.8, 4) is 17.0 Å². The van der Waals surface area contributed by atoms with Gasteiger partial charge >= 0.3 is 5.97 Å². The molecule has 15 nitrogen and oxygen atoms in total. The molecular formula is C35H41F2N9O6. The number of carbonyl (C=O) groups excluding carboxylic acids is 3. The molecule has 3 amide bonds. The third kappa shape index (κ3) is 8.26. The lowest BCUT2D eigenvalue weighted by atomic mass is 10.1. The molecule has 17 heteroatoms. The molecule has 1 saturated heterocycles. The van der Waals surface area contributed by atoms with Gasteiger partial charge in [-0.15, -0.1) is 0 Å². The first kappa shape index (κ1) is 37.6. The minimum atomic E-state index is -1.21. The van der Waals surface area contributed by atoms with Gasteiger partial charge in [-0.25, -0.2) is 14.4 Å². The smallest absolute Gasteiger partial charge is 0.320 e. The van der Waals surface area contributed by atoms with E-state index in [0.717, 1.165) is 0 Å². The molecule has 0 unspecified atom stereocenters. The van der Waals surface area contributed by atoms with Crippen molar-refractivity contribution in [3.05, 3.63) is 71.7 Å². The third-order valence-corrected chi connectivity index (χ3v) is 8.90. The van der Waals surface area contributed by atoms with Gasteiger partial charge in [0.25, 0.3) is 5.91 Å². The number of carboxylic acids is 1. The molecule has 5 rings (SSSR count). The van der Waals surface area contributed by atoms with E-state index in [2.05, 4.69) is 20.6 Å². The molecule has 2 aromatic heterocycles. The highest BCUT2D eigenvalue weighted by molar-refractivity contribution is 5.96. The Morgan fingerprint density at radius 1 is 1.02 bits per heavy atom. The normalized spacial score (nSPS) is 14.2. The van der Waals surface area contributed by atoms with E-state index >= 15 is 0 Å². The Morgan fingerprint density at radius 3 is 2.42 bits per heavy atom. The third-order valence-electron chi connectivity index (χ3n) is 8.90. The number of aliphatic carboxylic acids is 1. The molecule has 2 atom stereocenters. The summed E-state index contributed by atoms with van der Waals surface area (Å²) in [5, 5.41) is 14.9. The van der Waals surface area contributed by atoms with Gasteiger partial charge in [-0.05, 0) is 68.6 Å². The highest BCUT2D eigenvalue weighted by Crippen LogP contribution is 2.32. The number of rotatable bonds is 14. The monoisotopic (exact) mass is 721 g/mol. The molecule has 0 bridgehead atoms. The molecule has 2 aromatic carbocycles. The van der Waals surface area contributed by atoms with E-state index in [0.29, 0.717) is 53.4 Å². The van der Waals surface area contributed by atoms with Gasteiger partial charge in [0.2, 0.25) is 17.6 Å². The lowest BCUT2D eigenvalue weighted by Crippen LogP contribution is -2.56. The number of hydrogen-bond donors (Lipinski definition) is 5. The summed E-state index contributed by atoms with van der Waals surface area (Å²) in [7, 11) is 1.26. The van der Waals surface area contributed by atoms with Crippen molar-refractivity contribution in [1.82, 2.24) is 29.5 Å². The number of nitrogens with zero attached hydrogens (tertiary/aromatic N) is 5. The number of aryl methyl sites for hydroxylation is 1. The number of nitrogens with one attached hydrogen (secondary N) is 2. The van der Waals surface area contributed by atoms with Gasteiger partial charge in [-0.1, -0.05) is 0 Å². The van der Waals surface area contributed by atoms with Crippen LogP contribution in [0.25, 0.3) is 16.9 Å². The quantitative estimate of drug-likeness (QED) is 0.128. The lowest BCUT2D eigenvalue weighted by Gasteiger charge is -2.37. The molecule has 0 spiro atoms. The van der Waals surface area contributed by atoms with E-state index in [4.69, 9.17) is 21.3 Å². The zero-order valence-corrected chi connectivity index (χ0v) is 28.8. The van der Waals surface area contributed by atoms with Crippen LogP contribution in [0.15, 0.2) is 48.9 Å². The minimum absolute atomic E-state index is 0.000567. The number of anilines is 2. The molecule has 0 saturated carbocycles. The molecule has 276 valence electrons. The van der Waals surface area contributed by atoms with E-state index in [1.165, 1.54) is 31.6 Å². The molecule has 4 aromatic rings. The number of methoxy groups -OCH3 is 1. The number of ether oxygens (including phenoxy) is 1. The van der Waals surface area contributed by atoms with Crippen LogP contribution in [0.3, 0.4) is 0 Å². The van der Waals surface area contributed by atoms with Crippen LogP contribution in [0.2, 0.25) is 0 Å². The van der Waals surface area contributed by atoms with Gasteiger partial charge in [0.15, 0.2) is 23.0 Å². The number of carbonyl (C=O) groups is 4. The average Bonchev–Trinajstić information content (AvgIpc) is 3.58. The maximum absolute atomic E-state index is 14.9. The second-order valence-corrected chi connectivity index (χ2v) is 12.4. The van der Waals surface area contributed by atoms with Gasteiger partial charge in [0.05, 0.1) is 19.0 Å². The molecule has 1 aliphatic heterocycles. The van der Waals surface area contributed by atoms with Crippen molar-refractivity contribution in [2.24, 2.45) is 11.5 Å². The van der Waals surface area contributed by atoms with Crippen molar-refractivity contribution in [2.75, 3.05) is 45.2 Å². The fraction of sp³-hybridized carbons (Fsp3) is 0.371. The van der Waals surface area contributed by atoms with Crippen molar-refractivity contribution < 1.29 is 37.8 Å². The predicted molar refractivity (Wildman–Crippen MR) is 187 cm³/mol. The Bertz CT molecular complexity index is 1960. The van der Waals surface area contributed by atoms with Crippen LogP contribution in [-0.4, -0.2) is 105 Å². The first-order valence-corrected chi connectivity index (χ1v) is 16.7. The summed E-state index contributed by atoms with van der Waals surface area (Å²) in [5.74, 6) is -4.20. The number of halogens is 2. The standard InChI is InChI=1S/C35H41F2N9O6/c1-20-18-21(42-31-32-41-19-26(46(32)13-12-40-31)23-7-9-27(52-2)30(37)29(23)36)5-6-22(20)33(48)44-14-16-45(17-15-44)34(49)25(4-3-11-38)43-28(47)10-8-24(39)35(50)51/h5-7,9,12-13,18-19,24-25H,3-4,8,10-11,14-17,38-39H2,1-2H3,(H,40,42)(H,43,47)(H,50,51)/t24-,25-/m0/s1. The molecule has 0 aliphatic carbocycles. The Hall–Kier alpha value is -5.68. The van der Waals surface area contributed by atoms with Crippen molar-refractivity contribution in [3.63, 3.8) is 0 Å². The van der Waals surface area contributed by atoms with E-state index in [1.54, 1.807) is 45.5 Å². The summed E-state index contributed by atoms with van der Waals surface area (Å²) in [5.41, 5.74) is 13.6. The predicted octanol–water partition coefficient (Wildman–Crippen LogP) is 2.44. The first-order valence-electron chi connectivity index (χ1n) is 16.7. The van der Waals surface area contributed by atoms with Crippen LogP contribution in [0.5, 0.6) is 5.75 Å². The molecule has 1 fully saturated rings. The fourth-order valence-corrected chi connectivity index (χ4v) is 5.99. The maximum atomic E-state index is 14.9. The minimum Gasteiger partial charge on any atom is -0.494 e. The lowest BCUT2D eigenvalue weighted by molar-refractivity contribution is -0.139. The SMILES string of the molecule is COc1ccc(-c2cnc3c(Nc4ccc(C(=O)N5CCN(C(=O)[C@H](CCCN)NC(=O)CC[C@H](N)C(=O)O)CC5)c(C)c4)nccn23)c(F)c1F. The zero-order valence-electron chi connectivity index (χ0n) is 28.8. The number of benzene rings is 2. The van der Waals surface area contributed by atoms with Crippen LogP contribution in [0.1, 0.15) is 41.6 Å². The van der Waals surface area contributed by atoms with E-state index in [9.17, 15) is 28.0 Å². The maximum Gasteiger partial charge on any atom is 0.320 e. The van der Waals surface area contributed by atoms with E-state index in [1.807, 2.05) is 0 Å². The Morgan fingerprint density at radius 2 is 1.75 bits per heavy atom. The number of piperazine rings is 1. The molecule has 52 heavy (non-hydrogen) atoms. The van der Waals surface area contributed by atoms with E-state index < -0.39 is 35.6 Å². The second-order valence-electron chi connectivity index (χ2n) is 12.4. The summed E-state index contributed by atoms with van der Waals surface area (Å²) in [6, 6.07) is 5.95. The van der Waals surface area contributed by atoms with Gasteiger partial charge in [-0.2, -0.15) is 4.39 Å². The van der Waals surface area contributed by atoms with Crippen LogP contribution >= 0.6 is 0 Å². The average molecular weight is 722 g/mol. The molecule has 1 aliphatic rings. The molecular weight excluding hydrogens is 680 g/mol. The topological polar surface area (TPSA) is 211 Å².